The maximum Gasteiger partial charge on any atom is 0.147 e. The van der Waals surface area contributed by atoms with Gasteiger partial charge in [0.1, 0.15) is 17.5 Å². The average molecular weight is 1000 g/mol. The van der Waals surface area contributed by atoms with Crippen molar-refractivity contribution in [2.75, 3.05) is 9.80 Å². The zero-order chi connectivity index (χ0) is 43.0. The van der Waals surface area contributed by atoms with Crippen LogP contribution in [0.25, 0.3) is 38.8 Å². The van der Waals surface area contributed by atoms with Gasteiger partial charge in [-0.05, 0) is 86.3 Å². The van der Waals surface area contributed by atoms with Crippen LogP contribution in [0.15, 0.2) is 128 Å². The van der Waals surface area contributed by atoms with Crippen LogP contribution in [0.1, 0.15) is 79.0 Å². The molecule has 3 heterocycles. The van der Waals surface area contributed by atoms with Gasteiger partial charge in [-0.25, -0.2) is 13.8 Å². The van der Waals surface area contributed by atoms with E-state index >= 15 is 8.78 Å². The Balaban J connectivity index is 0.00000529. The Morgan fingerprint density at radius 2 is 1.27 bits per heavy atom. The third-order valence-electron chi connectivity index (χ3n) is 11.5. The van der Waals surface area contributed by atoms with Gasteiger partial charge in [0.25, 0.3) is 0 Å². The third-order valence-corrected chi connectivity index (χ3v) is 11.5. The minimum Gasteiger partial charge on any atom is -0.509 e. The summed E-state index contributed by atoms with van der Waals surface area (Å²) >= 11 is 0. The molecule has 0 radical (unpaired) electrons. The van der Waals surface area contributed by atoms with Crippen LogP contribution in [-0.2, 0) is 37.3 Å². The summed E-state index contributed by atoms with van der Waals surface area (Å²) in [6, 6.07) is 46.1. The second-order valence-corrected chi connectivity index (χ2v) is 19.0. The van der Waals surface area contributed by atoms with Gasteiger partial charge in [0.2, 0.25) is 0 Å². The predicted molar refractivity (Wildman–Crippen MR) is 246 cm³/mol. The van der Waals surface area contributed by atoms with Crippen LogP contribution in [-0.4, -0.2) is 9.55 Å². The molecule has 8 heteroatoms. The number of rotatable bonds is 6. The second-order valence-electron chi connectivity index (χ2n) is 19.0. The standard InChI is InChI=1S/C54H49F2N4O.Pt/c1-52(2,3)35-23-26-46-48(30-35)59(51-43(55)19-15-20-44(51)56)33-58(46)36-28-34(50-41(53(4,5)6)17-14-18-42(50)54(7,8)9)29-38(31-36)61-37-24-25-40-39-16-10-11-21-45(39)60(47(40)32-37)49-22-12-13-27-57-49;/h10-30,33H,1-9H3;/q-3;. The maximum absolute atomic E-state index is 15.7. The second kappa shape index (κ2) is 15.8. The van der Waals surface area contributed by atoms with Crippen LogP contribution >= 0.6 is 0 Å². The van der Waals surface area contributed by atoms with E-state index < -0.39 is 11.6 Å². The molecule has 0 atom stereocenters. The van der Waals surface area contributed by atoms with E-state index in [2.05, 4.69) is 128 Å². The summed E-state index contributed by atoms with van der Waals surface area (Å²) in [5.41, 5.74) is 8.58. The number of nitrogens with zero attached hydrogens (tertiary/aromatic N) is 4. The summed E-state index contributed by atoms with van der Waals surface area (Å²) in [7, 11) is 0. The number of anilines is 4. The molecule has 0 aliphatic carbocycles. The first-order valence-corrected chi connectivity index (χ1v) is 20.8. The molecule has 0 spiro atoms. The largest absolute Gasteiger partial charge is 0.509 e. The van der Waals surface area contributed by atoms with Crippen LogP contribution in [0.3, 0.4) is 0 Å². The van der Waals surface area contributed by atoms with Crippen LogP contribution in [0.2, 0.25) is 0 Å². The number of fused-ring (bicyclic) bond motifs is 4. The minimum atomic E-state index is -0.657. The Bertz CT molecular complexity index is 2920. The summed E-state index contributed by atoms with van der Waals surface area (Å²) in [6.45, 7) is 21.5. The molecule has 9 rings (SSSR count). The molecule has 318 valence electrons. The average Bonchev–Trinajstić information content (AvgIpc) is 3.75. The Labute approximate surface area is 378 Å². The molecule has 0 saturated heterocycles. The number of hydrogen-bond donors (Lipinski definition) is 0. The van der Waals surface area contributed by atoms with E-state index in [-0.39, 0.29) is 43.0 Å². The monoisotopic (exact) mass is 1000 g/mol. The number of hydrogen-bond acceptors (Lipinski definition) is 4. The zero-order valence-corrected chi connectivity index (χ0v) is 38.7. The van der Waals surface area contributed by atoms with Gasteiger partial charge in [-0.2, -0.15) is 6.07 Å². The van der Waals surface area contributed by atoms with Crippen molar-refractivity contribution in [1.82, 2.24) is 9.55 Å². The molecule has 6 aromatic carbocycles. The Morgan fingerprint density at radius 1 is 0.597 bits per heavy atom. The molecule has 0 unspecified atom stereocenters. The fraction of sp³-hybridized carbons (Fsp3) is 0.222. The molecule has 2 aromatic heterocycles. The maximum atomic E-state index is 15.7. The van der Waals surface area contributed by atoms with E-state index in [9.17, 15) is 0 Å². The third kappa shape index (κ3) is 7.70. The predicted octanol–water partition coefficient (Wildman–Crippen LogP) is 14.8. The topological polar surface area (TPSA) is 33.5 Å². The van der Waals surface area contributed by atoms with E-state index in [1.807, 2.05) is 59.5 Å². The number of aromatic nitrogens is 2. The fourth-order valence-electron chi connectivity index (χ4n) is 8.46. The van der Waals surface area contributed by atoms with Gasteiger partial charge in [-0.15, -0.1) is 53.6 Å². The number of para-hydroxylation sites is 2. The van der Waals surface area contributed by atoms with Gasteiger partial charge in [0, 0.05) is 55.7 Å². The SMILES string of the molecule is CC(C)(C)c1ccc2c(c1)N(c1c(F)cccc1F)[CH-]N2c1[c-]c(Oc2[c-]c3c(cc2)c2ccccc2n3-c2ccccn2)cc(-c2c(C(C)(C)C)cccc2C(C)(C)C)c1.[Pt]. The van der Waals surface area contributed by atoms with Gasteiger partial charge in [0.05, 0.1) is 5.69 Å². The van der Waals surface area contributed by atoms with E-state index in [1.165, 1.54) is 29.3 Å². The first kappa shape index (κ1) is 42.9. The molecule has 1 aliphatic heterocycles. The van der Waals surface area contributed by atoms with Crippen molar-refractivity contribution in [3.63, 3.8) is 0 Å². The molecule has 5 nitrogen and oxygen atoms in total. The van der Waals surface area contributed by atoms with Gasteiger partial charge in [-0.1, -0.05) is 122 Å². The molecular formula is C54H49F2N4OPt-3. The van der Waals surface area contributed by atoms with Crippen molar-refractivity contribution >= 4 is 44.6 Å². The molecule has 0 bridgehead atoms. The van der Waals surface area contributed by atoms with Gasteiger partial charge < -0.3 is 19.1 Å². The Kier molecular flexibility index (Phi) is 11.0. The van der Waals surface area contributed by atoms with E-state index in [1.54, 1.807) is 17.8 Å². The summed E-state index contributed by atoms with van der Waals surface area (Å²) in [6.07, 6.45) is 1.79. The first-order valence-electron chi connectivity index (χ1n) is 20.8. The quantitative estimate of drug-likeness (QED) is 0.155. The smallest absolute Gasteiger partial charge is 0.147 e. The Hall–Kier alpha value is -5.78. The summed E-state index contributed by atoms with van der Waals surface area (Å²) in [5, 5.41) is 2.11. The van der Waals surface area contributed by atoms with E-state index in [0.29, 0.717) is 22.9 Å². The first-order chi connectivity index (χ1) is 29.0. The molecule has 62 heavy (non-hydrogen) atoms. The molecular weight excluding hydrogens is 954 g/mol. The molecule has 0 saturated carbocycles. The van der Waals surface area contributed by atoms with Crippen molar-refractivity contribution in [1.29, 1.82) is 0 Å². The van der Waals surface area contributed by atoms with Crippen molar-refractivity contribution in [3.8, 4) is 28.4 Å². The molecule has 1 aliphatic rings. The molecule has 0 fully saturated rings. The van der Waals surface area contributed by atoms with Gasteiger partial charge >= 0.3 is 0 Å². The minimum absolute atomic E-state index is 0. The molecule has 0 amide bonds. The van der Waals surface area contributed by atoms with Crippen molar-refractivity contribution in [3.05, 3.63) is 175 Å². The number of halogens is 2. The molecule has 8 aromatic rings. The fourth-order valence-corrected chi connectivity index (χ4v) is 8.46. The van der Waals surface area contributed by atoms with Crippen LogP contribution < -0.4 is 14.5 Å². The van der Waals surface area contributed by atoms with Crippen molar-refractivity contribution in [2.45, 2.75) is 78.6 Å². The number of ether oxygens (including phenoxy) is 1. The Morgan fingerprint density at radius 3 is 1.94 bits per heavy atom. The van der Waals surface area contributed by atoms with Crippen LogP contribution in [0.5, 0.6) is 11.5 Å². The van der Waals surface area contributed by atoms with Crippen LogP contribution in [0, 0.1) is 30.4 Å². The van der Waals surface area contributed by atoms with E-state index in [0.717, 1.165) is 50.0 Å². The van der Waals surface area contributed by atoms with Gasteiger partial charge in [-0.3, -0.25) is 0 Å². The van der Waals surface area contributed by atoms with Crippen molar-refractivity contribution in [2.24, 2.45) is 0 Å². The normalized spacial score (nSPS) is 13.1. The van der Waals surface area contributed by atoms with Crippen molar-refractivity contribution < 1.29 is 34.6 Å². The van der Waals surface area contributed by atoms with Crippen LogP contribution in [0.4, 0.5) is 31.5 Å². The number of pyridine rings is 1. The summed E-state index contributed by atoms with van der Waals surface area (Å²) in [5.74, 6) is 0.427. The molecule has 0 N–H and O–H groups in total. The summed E-state index contributed by atoms with van der Waals surface area (Å²) in [4.78, 5) is 8.26. The zero-order valence-electron chi connectivity index (χ0n) is 36.5. The van der Waals surface area contributed by atoms with E-state index in [4.69, 9.17) is 9.72 Å². The van der Waals surface area contributed by atoms with Gasteiger partial charge in [0.15, 0.2) is 0 Å². The number of benzene rings is 6. The summed E-state index contributed by atoms with van der Waals surface area (Å²) < 4.78 is 40.4.